The third-order valence-corrected chi connectivity index (χ3v) is 1.29. The average Bonchev–Trinajstić information content (AvgIpc) is 2.18. The molecule has 1 rings (SSSR count). The largest absolute Gasteiger partial charge is 0.429 e. The molecule has 0 heterocycles. The Hall–Kier alpha value is -1.05. The first-order valence-electron chi connectivity index (χ1n) is 2.82. The average molecular weight is 124 g/mol. The standard InChI is InChI=1S/C7H8O2/c1-6-3-2-4-7(6)9-5-8/h3-5H,2H2,1H3. The molecule has 0 atom stereocenters. The normalized spacial score (nSPS) is 16.6. The van der Waals surface area contributed by atoms with Gasteiger partial charge in [-0.3, -0.25) is 4.79 Å². The lowest BCUT2D eigenvalue weighted by atomic mass is 10.3. The Morgan fingerprint density at radius 1 is 1.67 bits per heavy atom. The van der Waals surface area contributed by atoms with E-state index < -0.39 is 0 Å². The molecule has 0 saturated heterocycles. The molecule has 1 aliphatic carbocycles. The first kappa shape index (κ1) is 6.08. The SMILES string of the molecule is CC1=CCC=C1OC=O. The molecule has 0 unspecified atom stereocenters. The fourth-order valence-electron chi connectivity index (χ4n) is 0.797. The van der Waals surface area contributed by atoms with Crippen molar-refractivity contribution in [3.63, 3.8) is 0 Å². The highest BCUT2D eigenvalue weighted by atomic mass is 16.5. The first-order valence-corrected chi connectivity index (χ1v) is 2.82. The maximum absolute atomic E-state index is 9.82. The molecule has 0 aromatic heterocycles. The van der Waals surface area contributed by atoms with Crippen LogP contribution in [-0.2, 0) is 9.53 Å². The molecule has 0 fully saturated rings. The van der Waals surface area contributed by atoms with E-state index in [1.54, 1.807) is 0 Å². The van der Waals surface area contributed by atoms with Crippen LogP contribution >= 0.6 is 0 Å². The lowest BCUT2D eigenvalue weighted by Gasteiger charge is -1.96. The molecule has 0 radical (unpaired) electrons. The van der Waals surface area contributed by atoms with E-state index in [1.807, 2.05) is 19.1 Å². The predicted molar refractivity (Wildman–Crippen MR) is 33.6 cm³/mol. The highest BCUT2D eigenvalue weighted by Gasteiger charge is 2.04. The van der Waals surface area contributed by atoms with Crippen molar-refractivity contribution in [3.05, 3.63) is 23.5 Å². The minimum Gasteiger partial charge on any atom is -0.429 e. The molecule has 0 aliphatic heterocycles. The van der Waals surface area contributed by atoms with Crippen molar-refractivity contribution < 1.29 is 9.53 Å². The number of rotatable bonds is 2. The number of hydrogen-bond donors (Lipinski definition) is 0. The fraction of sp³-hybridized carbons (Fsp3) is 0.286. The molecule has 0 bridgehead atoms. The smallest absolute Gasteiger partial charge is 0.298 e. The van der Waals surface area contributed by atoms with Gasteiger partial charge in [0.05, 0.1) is 0 Å². The summed E-state index contributed by atoms with van der Waals surface area (Å²) < 4.78 is 4.63. The zero-order valence-electron chi connectivity index (χ0n) is 5.26. The van der Waals surface area contributed by atoms with Gasteiger partial charge in [0.2, 0.25) is 0 Å². The second-order valence-corrected chi connectivity index (χ2v) is 1.91. The summed E-state index contributed by atoms with van der Waals surface area (Å²) in [5.41, 5.74) is 1.04. The van der Waals surface area contributed by atoms with E-state index in [2.05, 4.69) is 4.74 Å². The van der Waals surface area contributed by atoms with Crippen LogP contribution in [0.1, 0.15) is 13.3 Å². The van der Waals surface area contributed by atoms with E-state index in [0.29, 0.717) is 12.2 Å². The number of allylic oxidation sites excluding steroid dienone is 3. The Balaban J connectivity index is 2.60. The Bertz CT molecular complexity index is 177. The van der Waals surface area contributed by atoms with Crippen LogP contribution in [0.3, 0.4) is 0 Å². The highest BCUT2D eigenvalue weighted by Crippen LogP contribution is 2.17. The van der Waals surface area contributed by atoms with Crippen LogP contribution in [0.2, 0.25) is 0 Å². The summed E-state index contributed by atoms with van der Waals surface area (Å²) in [4.78, 5) is 9.82. The van der Waals surface area contributed by atoms with Crippen LogP contribution in [0.25, 0.3) is 0 Å². The molecule has 1 aliphatic rings. The maximum atomic E-state index is 9.82. The molecule has 0 spiro atoms. The summed E-state index contributed by atoms with van der Waals surface area (Å²) in [5.74, 6) is 0.699. The molecule has 0 saturated carbocycles. The Morgan fingerprint density at radius 2 is 2.44 bits per heavy atom. The third kappa shape index (κ3) is 1.19. The molecule has 9 heavy (non-hydrogen) atoms. The molecule has 0 N–H and O–H groups in total. The minimum absolute atomic E-state index is 0.453. The molecule has 0 aromatic rings. The van der Waals surface area contributed by atoms with E-state index in [4.69, 9.17) is 0 Å². The van der Waals surface area contributed by atoms with E-state index in [0.717, 1.165) is 12.0 Å². The Kier molecular flexibility index (Phi) is 1.68. The highest BCUT2D eigenvalue weighted by molar-refractivity contribution is 5.45. The number of ether oxygens (including phenoxy) is 1. The van der Waals surface area contributed by atoms with Crippen molar-refractivity contribution in [2.75, 3.05) is 0 Å². The van der Waals surface area contributed by atoms with E-state index in [1.165, 1.54) is 0 Å². The van der Waals surface area contributed by atoms with Gasteiger partial charge in [-0.2, -0.15) is 0 Å². The van der Waals surface area contributed by atoms with Gasteiger partial charge in [-0.1, -0.05) is 6.08 Å². The third-order valence-electron chi connectivity index (χ3n) is 1.29. The van der Waals surface area contributed by atoms with Gasteiger partial charge < -0.3 is 4.74 Å². The molecule has 0 amide bonds. The molecule has 0 aromatic carbocycles. The summed E-state index contributed by atoms with van der Waals surface area (Å²) in [7, 11) is 0. The summed E-state index contributed by atoms with van der Waals surface area (Å²) in [6.45, 7) is 2.37. The van der Waals surface area contributed by atoms with E-state index in [9.17, 15) is 4.79 Å². The quantitative estimate of drug-likeness (QED) is 0.520. The zero-order chi connectivity index (χ0) is 6.69. The second-order valence-electron chi connectivity index (χ2n) is 1.91. The van der Waals surface area contributed by atoms with Crippen LogP contribution in [0.4, 0.5) is 0 Å². The van der Waals surface area contributed by atoms with Gasteiger partial charge >= 0.3 is 0 Å². The van der Waals surface area contributed by atoms with Gasteiger partial charge in [-0.15, -0.1) is 0 Å². The summed E-state index contributed by atoms with van der Waals surface area (Å²) in [5, 5.41) is 0. The van der Waals surface area contributed by atoms with E-state index >= 15 is 0 Å². The predicted octanol–water partition coefficient (Wildman–Crippen LogP) is 1.39. The minimum atomic E-state index is 0.453. The number of carbonyl (C=O) groups excluding carboxylic acids is 1. The fourth-order valence-corrected chi connectivity index (χ4v) is 0.797. The topological polar surface area (TPSA) is 26.3 Å². The molecule has 48 valence electrons. The number of hydrogen-bond acceptors (Lipinski definition) is 2. The van der Waals surface area contributed by atoms with Gasteiger partial charge in [0.15, 0.2) is 0 Å². The summed E-state index contributed by atoms with van der Waals surface area (Å²) in [6.07, 6.45) is 4.78. The van der Waals surface area contributed by atoms with Crippen molar-refractivity contribution in [2.24, 2.45) is 0 Å². The van der Waals surface area contributed by atoms with Crippen LogP contribution in [0.5, 0.6) is 0 Å². The molecule has 2 nitrogen and oxygen atoms in total. The van der Waals surface area contributed by atoms with Gasteiger partial charge in [0.25, 0.3) is 6.47 Å². The lowest BCUT2D eigenvalue weighted by molar-refractivity contribution is -0.124. The molecular formula is C7H8O2. The Morgan fingerprint density at radius 3 is 2.89 bits per heavy atom. The summed E-state index contributed by atoms with van der Waals surface area (Å²) >= 11 is 0. The van der Waals surface area contributed by atoms with Gasteiger partial charge in [-0.05, 0) is 25.0 Å². The lowest BCUT2D eigenvalue weighted by Crippen LogP contribution is -1.86. The maximum Gasteiger partial charge on any atom is 0.298 e. The van der Waals surface area contributed by atoms with Crippen molar-refractivity contribution in [2.45, 2.75) is 13.3 Å². The van der Waals surface area contributed by atoms with Gasteiger partial charge in [-0.25, -0.2) is 0 Å². The van der Waals surface area contributed by atoms with Crippen LogP contribution in [0, 0.1) is 0 Å². The molecule has 2 heteroatoms. The zero-order valence-corrected chi connectivity index (χ0v) is 5.26. The van der Waals surface area contributed by atoms with Crippen LogP contribution in [-0.4, -0.2) is 6.47 Å². The van der Waals surface area contributed by atoms with Crippen LogP contribution in [0.15, 0.2) is 23.5 Å². The van der Waals surface area contributed by atoms with Crippen LogP contribution < -0.4 is 0 Å². The van der Waals surface area contributed by atoms with Gasteiger partial charge in [0, 0.05) is 0 Å². The van der Waals surface area contributed by atoms with Crippen molar-refractivity contribution in [1.82, 2.24) is 0 Å². The molecular weight excluding hydrogens is 116 g/mol. The van der Waals surface area contributed by atoms with E-state index in [-0.39, 0.29) is 0 Å². The Labute approximate surface area is 53.8 Å². The van der Waals surface area contributed by atoms with Crippen molar-refractivity contribution >= 4 is 6.47 Å². The van der Waals surface area contributed by atoms with Gasteiger partial charge in [0.1, 0.15) is 5.76 Å². The monoisotopic (exact) mass is 124 g/mol. The first-order chi connectivity index (χ1) is 4.34. The van der Waals surface area contributed by atoms with Crippen molar-refractivity contribution in [1.29, 1.82) is 0 Å². The number of carbonyl (C=O) groups is 1. The summed E-state index contributed by atoms with van der Waals surface area (Å²) in [6, 6.07) is 0. The second kappa shape index (κ2) is 2.49. The van der Waals surface area contributed by atoms with Crippen molar-refractivity contribution in [3.8, 4) is 0 Å².